The SMILES string of the molecule is CCc1ccccc1NC(=O)C(=O)N/N=C\c1ccc(OCC(=O)Nc2cccc(Cl)c2C)c(OC)c1. The van der Waals surface area contributed by atoms with Crippen molar-refractivity contribution in [3.8, 4) is 11.5 Å². The summed E-state index contributed by atoms with van der Waals surface area (Å²) in [5, 5.41) is 9.72. The lowest BCUT2D eigenvalue weighted by Crippen LogP contribution is -2.32. The highest BCUT2D eigenvalue weighted by Gasteiger charge is 2.14. The van der Waals surface area contributed by atoms with E-state index in [1.54, 1.807) is 48.5 Å². The average molecular weight is 523 g/mol. The van der Waals surface area contributed by atoms with E-state index in [2.05, 4.69) is 21.2 Å². The molecule has 3 aromatic rings. The number of carbonyl (C=O) groups is 3. The third-order valence-corrected chi connectivity index (χ3v) is 5.73. The van der Waals surface area contributed by atoms with Crippen molar-refractivity contribution in [2.45, 2.75) is 20.3 Å². The molecule has 0 aliphatic rings. The Morgan fingerprint density at radius 2 is 1.70 bits per heavy atom. The topological polar surface area (TPSA) is 118 Å². The highest BCUT2D eigenvalue weighted by atomic mass is 35.5. The van der Waals surface area contributed by atoms with Crippen LogP contribution >= 0.6 is 11.6 Å². The minimum Gasteiger partial charge on any atom is -0.493 e. The third kappa shape index (κ3) is 7.55. The second-order valence-electron chi connectivity index (χ2n) is 7.82. The standard InChI is InChI=1S/C27H27ClN4O5/c1-4-19-8-5-6-10-22(19)31-26(34)27(35)32-29-15-18-12-13-23(24(14-18)36-3)37-16-25(33)30-21-11-7-9-20(28)17(21)2/h5-15H,4,16H2,1-3H3,(H,30,33)(H,31,34)(H,32,35)/b29-15-. The highest BCUT2D eigenvalue weighted by Crippen LogP contribution is 2.28. The van der Waals surface area contributed by atoms with Crippen molar-refractivity contribution in [3.05, 3.63) is 82.4 Å². The number of amides is 3. The van der Waals surface area contributed by atoms with E-state index in [0.29, 0.717) is 39.9 Å². The lowest BCUT2D eigenvalue weighted by Gasteiger charge is -2.12. The van der Waals surface area contributed by atoms with Crippen LogP contribution in [0.5, 0.6) is 11.5 Å². The van der Waals surface area contributed by atoms with Crippen molar-refractivity contribution in [2.24, 2.45) is 5.10 Å². The van der Waals surface area contributed by atoms with Gasteiger partial charge in [0.1, 0.15) is 0 Å². The molecular weight excluding hydrogens is 496 g/mol. The van der Waals surface area contributed by atoms with Crippen LogP contribution in [-0.2, 0) is 20.8 Å². The Balaban J connectivity index is 1.55. The van der Waals surface area contributed by atoms with Crippen molar-refractivity contribution in [2.75, 3.05) is 24.4 Å². The predicted octanol–water partition coefficient (Wildman–Crippen LogP) is 4.33. The molecule has 0 fully saturated rings. The van der Waals surface area contributed by atoms with Gasteiger partial charge in [-0.25, -0.2) is 5.43 Å². The molecule has 3 aromatic carbocycles. The van der Waals surface area contributed by atoms with Gasteiger partial charge >= 0.3 is 11.8 Å². The van der Waals surface area contributed by atoms with E-state index in [0.717, 1.165) is 11.1 Å². The lowest BCUT2D eigenvalue weighted by atomic mass is 10.1. The van der Waals surface area contributed by atoms with Gasteiger partial charge < -0.3 is 20.1 Å². The fourth-order valence-electron chi connectivity index (χ4n) is 3.30. The summed E-state index contributed by atoms with van der Waals surface area (Å²) in [6.45, 7) is 3.52. The molecule has 0 atom stereocenters. The van der Waals surface area contributed by atoms with Gasteiger partial charge in [-0.2, -0.15) is 5.10 Å². The van der Waals surface area contributed by atoms with Gasteiger partial charge in [0.25, 0.3) is 5.91 Å². The molecule has 0 spiro atoms. The van der Waals surface area contributed by atoms with Gasteiger partial charge in [0.15, 0.2) is 18.1 Å². The normalized spacial score (nSPS) is 10.6. The number of methoxy groups -OCH3 is 1. The van der Waals surface area contributed by atoms with E-state index in [-0.39, 0.29) is 12.5 Å². The van der Waals surface area contributed by atoms with E-state index in [1.807, 2.05) is 26.0 Å². The Morgan fingerprint density at radius 3 is 2.46 bits per heavy atom. The quantitative estimate of drug-likeness (QED) is 0.220. The summed E-state index contributed by atoms with van der Waals surface area (Å²) >= 11 is 6.08. The predicted molar refractivity (Wildman–Crippen MR) is 143 cm³/mol. The second kappa shape index (κ2) is 13.1. The molecular formula is C27H27ClN4O5. The minimum absolute atomic E-state index is 0.248. The number of nitrogens with zero attached hydrogens (tertiary/aromatic N) is 1. The fraction of sp³-hybridized carbons (Fsp3) is 0.185. The van der Waals surface area contributed by atoms with Gasteiger partial charge in [0.05, 0.1) is 13.3 Å². The number of aryl methyl sites for hydroxylation is 1. The Bertz CT molecular complexity index is 1330. The first-order valence-electron chi connectivity index (χ1n) is 11.4. The van der Waals surface area contributed by atoms with Crippen molar-refractivity contribution >= 4 is 46.9 Å². The summed E-state index contributed by atoms with van der Waals surface area (Å²) in [7, 11) is 1.46. The number of anilines is 2. The Kier molecular flexibility index (Phi) is 9.62. The van der Waals surface area contributed by atoms with Crippen LogP contribution in [0.25, 0.3) is 0 Å². The molecule has 0 heterocycles. The molecule has 0 aromatic heterocycles. The molecule has 0 radical (unpaired) electrons. The largest absolute Gasteiger partial charge is 0.493 e. The van der Waals surface area contributed by atoms with Gasteiger partial charge in [0.2, 0.25) is 0 Å². The summed E-state index contributed by atoms with van der Waals surface area (Å²) in [6.07, 6.45) is 2.07. The zero-order valence-corrected chi connectivity index (χ0v) is 21.4. The number of ether oxygens (including phenoxy) is 2. The molecule has 37 heavy (non-hydrogen) atoms. The Hall–Kier alpha value is -4.37. The van der Waals surface area contributed by atoms with Gasteiger partial charge in [-0.05, 0) is 66.4 Å². The van der Waals surface area contributed by atoms with E-state index in [1.165, 1.54) is 13.3 Å². The molecule has 3 amide bonds. The van der Waals surface area contributed by atoms with E-state index in [9.17, 15) is 14.4 Å². The molecule has 192 valence electrons. The molecule has 0 aliphatic heterocycles. The maximum Gasteiger partial charge on any atom is 0.329 e. The zero-order chi connectivity index (χ0) is 26.8. The minimum atomic E-state index is -0.907. The first-order chi connectivity index (χ1) is 17.8. The van der Waals surface area contributed by atoms with Crippen LogP contribution in [0.2, 0.25) is 5.02 Å². The number of nitrogens with one attached hydrogen (secondary N) is 3. The molecule has 9 nitrogen and oxygen atoms in total. The van der Waals surface area contributed by atoms with Gasteiger partial charge in [-0.15, -0.1) is 0 Å². The molecule has 0 unspecified atom stereocenters. The van der Waals surface area contributed by atoms with Crippen LogP contribution in [0.15, 0.2) is 65.8 Å². The monoisotopic (exact) mass is 522 g/mol. The fourth-order valence-corrected chi connectivity index (χ4v) is 3.48. The molecule has 0 saturated heterocycles. The summed E-state index contributed by atoms with van der Waals surface area (Å²) in [4.78, 5) is 36.6. The summed E-state index contributed by atoms with van der Waals surface area (Å²) in [5.41, 5.74) is 5.62. The maximum absolute atomic E-state index is 12.3. The van der Waals surface area contributed by atoms with Crippen LogP contribution in [0, 0.1) is 6.92 Å². The summed E-state index contributed by atoms with van der Waals surface area (Å²) in [5.74, 6) is -1.40. The maximum atomic E-state index is 12.3. The number of rotatable bonds is 9. The summed E-state index contributed by atoms with van der Waals surface area (Å²) < 4.78 is 10.9. The first-order valence-corrected chi connectivity index (χ1v) is 11.8. The second-order valence-corrected chi connectivity index (χ2v) is 8.23. The van der Waals surface area contributed by atoms with Crippen molar-refractivity contribution in [3.63, 3.8) is 0 Å². The van der Waals surface area contributed by atoms with Crippen molar-refractivity contribution < 1.29 is 23.9 Å². The van der Waals surface area contributed by atoms with Crippen LogP contribution in [0.4, 0.5) is 11.4 Å². The zero-order valence-electron chi connectivity index (χ0n) is 20.6. The molecule has 3 rings (SSSR count). The number of halogens is 1. The van der Waals surface area contributed by atoms with Crippen LogP contribution in [0.3, 0.4) is 0 Å². The number of para-hydroxylation sites is 1. The number of hydrogen-bond donors (Lipinski definition) is 3. The van der Waals surface area contributed by atoms with Crippen LogP contribution in [0.1, 0.15) is 23.6 Å². The van der Waals surface area contributed by atoms with Gasteiger partial charge in [-0.1, -0.05) is 42.8 Å². The lowest BCUT2D eigenvalue weighted by molar-refractivity contribution is -0.136. The number of carbonyl (C=O) groups excluding carboxylic acids is 3. The molecule has 3 N–H and O–H groups in total. The molecule has 0 bridgehead atoms. The van der Waals surface area contributed by atoms with Gasteiger partial charge in [0, 0.05) is 16.4 Å². The third-order valence-electron chi connectivity index (χ3n) is 5.32. The number of hydrogen-bond acceptors (Lipinski definition) is 6. The van der Waals surface area contributed by atoms with E-state index < -0.39 is 11.8 Å². The molecule has 0 saturated carbocycles. The van der Waals surface area contributed by atoms with Crippen LogP contribution in [-0.4, -0.2) is 37.7 Å². The van der Waals surface area contributed by atoms with E-state index in [4.69, 9.17) is 21.1 Å². The smallest absolute Gasteiger partial charge is 0.329 e. The summed E-state index contributed by atoms with van der Waals surface area (Å²) in [6, 6.07) is 17.4. The highest BCUT2D eigenvalue weighted by molar-refractivity contribution is 6.39. The van der Waals surface area contributed by atoms with Crippen molar-refractivity contribution in [1.82, 2.24) is 5.43 Å². The Labute approximate surface area is 219 Å². The molecule has 0 aliphatic carbocycles. The average Bonchev–Trinajstić information content (AvgIpc) is 2.90. The Morgan fingerprint density at radius 1 is 0.946 bits per heavy atom. The molecule has 10 heteroatoms. The van der Waals surface area contributed by atoms with Crippen molar-refractivity contribution in [1.29, 1.82) is 0 Å². The number of hydrazone groups is 1. The van der Waals surface area contributed by atoms with Gasteiger partial charge in [-0.3, -0.25) is 14.4 Å². The first kappa shape index (κ1) is 27.2. The number of benzene rings is 3. The van der Waals surface area contributed by atoms with Crippen LogP contribution < -0.4 is 25.5 Å². The van der Waals surface area contributed by atoms with E-state index >= 15 is 0 Å².